The molecular weight excluding hydrogens is 546 g/mol. The number of piperidine rings is 1. The van der Waals surface area contributed by atoms with Crippen molar-refractivity contribution in [2.24, 2.45) is 5.92 Å². The molecule has 0 saturated carbocycles. The van der Waals surface area contributed by atoms with E-state index in [4.69, 9.17) is 0 Å². The van der Waals surface area contributed by atoms with Gasteiger partial charge in [0.25, 0.3) is 0 Å². The number of benzene rings is 3. The minimum Gasteiger partial charge on any atom is -0.530 e. The van der Waals surface area contributed by atoms with Gasteiger partial charge < -0.3 is 19.7 Å². The van der Waals surface area contributed by atoms with E-state index in [1.54, 1.807) is 31.3 Å². The summed E-state index contributed by atoms with van der Waals surface area (Å²) in [6.45, 7) is 6.25. The third kappa shape index (κ3) is 9.15. The van der Waals surface area contributed by atoms with Gasteiger partial charge in [-0.1, -0.05) is 78.4 Å². The Morgan fingerprint density at radius 3 is 2.19 bits per heavy atom. The second-order valence-corrected chi connectivity index (χ2v) is 13.6. The van der Waals surface area contributed by atoms with Gasteiger partial charge in [-0.05, 0) is 93.8 Å². The zero-order valence-corrected chi connectivity index (χ0v) is 25.7. The Bertz CT molecular complexity index is 1340. The molecule has 7 nitrogen and oxygen atoms in total. The summed E-state index contributed by atoms with van der Waals surface area (Å²) in [5.74, 6) is 0.688. The summed E-state index contributed by atoms with van der Waals surface area (Å²) in [7, 11) is -1.88. The first-order chi connectivity index (χ1) is 20.2. The fraction of sp³-hybridized carbons (Fsp3) is 0.441. The number of likely N-dealkylation sites (N-methyl/N-ethyl adjacent to an activating group) is 1. The molecule has 1 aliphatic heterocycles. The van der Waals surface area contributed by atoms with Gasteiger partial charge in [0.05, 0.1) is 4.90 Å². The smallest absolute Gasteiger partial charge is 0.242 e. The van der Waals surface area contributed by atoms with Gasteiger partial charge in [0.1, 0.15) is 6.09 Å². The van der Waals surface area contributed by atoms with Crippen molar-refractivity contribution in [3.63, 3.8) is 0 Å². The van der Waals surface area contributed by atoms with E-state index in [0.717, 1.165) is 68.4 Å². The fourth-order valence-electron chi connectivity index (χ4n) is 5.83. The first-order valence-corrected chi connectivity index (χ1v) is 16.5. The van der Waals surface area contributed by atoms with Crippen LogP contribution in [0.15, 0.2) is 89.8 Å². The number of sulfonamides is 1. The van der Waals surface area contributed by atoms with Gasteiger partial charge in [-0.25, -0.2) is 12.7 Å². The van der Waals surface area contributed by atoms with Crippen LogP contribution in [-0.2, 0) is 16.6 Å². The zero-order valence-electron chi connectivity index (χ0n) is 24.9. The maximum Gasteiger partial charge on any atom is 0.242 e. The van der Waals surface area contributed by atoms with Crippen LogP contribution < -0.4 is 5.11 Å². The normalized spacial score (nSPS) is 15.5. The largest absolute Gasteiger partial charge is 0.530 e. The van der Waals surface area contributed by atoms with Gasteiger partial charge in [0.2, 0.25) is 10.0 Å². The van der Waals surface area contributed by atoms with E-state index >= 15 is 0 Å². The number of carbonyl (C=O) groups excluding carboxylic acids is 1. The van der Waals surface area contributed by atoms with Crippen molar-refractivity contribution in [3.05, 3.63) is 102 Å². The average Bonchev–Trinajstić information content (AvgIpc) is 3.01. The number of nitrogens with zero attached hydrogens (tertiary/aromatic N) is 3. The average molecular weight is 591 g/mol. The molecule has 1 fully saturated rings. The van der Waals surface area contributed by atoms with Crippen LogP contribution in [0.1, 0.15) is 54.7 Å². The quantitative estimate of drug-likeness (QED) is 0.260. The molecule has 1 unspecified atom stereocenters. The third-order valence-corrected chi connectivity index (χ3v) is 10.3. The first-order valence-electron chi connectivity index (χ1n) is 15.0. The summed E-state index contributed by atoms with van der Waals surface area (Å²) >= 11 is 0. The lowest BCUT2D eigenvalue weighted by molar-refractivity contribution is -0.266. The molecule has 0 aromatic heterocycles. The number of rotatable bonds is 14. The van der Waals surface area contributed by atoms with Crippen molar-refractivity contribution >= 4 is 16.1 Å². The number of amides is 1. The molecule has 4 rings (SSSR count). The van der Waals surface area contributed by atoms with Gasteiger partial charge in [-0.15, -0.1) is 0 Å². The molecule has 1 aliphatic rings. The van der Waals surface area contributed by atoms with Gasteiger partial charge in [-0.3, -0.25) is 0 Å². The van der Waals surface area contributed by atoms with E-state index in [0.29, 0.717) is 30.4 Å². The Kier molecular flexibility index (Phi) is 11.6. The van der Waals surface area contributed by atoms with Crippen molar-refractivity contribution in [3.8, 4) is 0 Å². The number of likely N-dealkylation sites (tertiary alicyclic amines) is 1. The van der Waals surface area contributed by atoms with Crippen LogP contribution in [0.25, 0.3) is 0 Å². The van der Waals surface area contributed by atoms with E-state index in [1.165, 1.54) is 9.21 Å². The van der Waals surface area contributed by atoms with Gasteiger partial charge >= 0.3 is 0 Å². The number of carboxylic acid groups (broad SMARTS) is 1. The topological polar surface area (TPSA) is 84.0 Å². The van der Waals surface area contributed by atoms with E-state index < -0.39 is 16.1 Å². The molecule has 1 saturated heterocycles. The van der Waals surface area contributed by atoms with Crippen LogP contribution >= 0.6 is 0 Å². The first kappa shape index (κ1) is 31.7. The maximum absolute atomic E-state index is 13.2. The fourth-order valence-corrected chi connectivity index (χ4v) is 7.06. The molecule has 0 bridgehead atoms. The van der Waals surface area contributed by atoms with E-state index in [1.807, 2.05) is 55.5 Å². The summed E-state index contributed by atoms with van der Waals surface area (Å²) < 4.78 is 27.9. The highest BCUT2D eigenvalue weighted by Crippen LogP contribution is 2.27. The highest BCUT2D eigenvalue weighted by atomic mass is 32.2. The van der Waals surface area contributed by atoms with Crippen LogP contribution in [0.2, 0.25) is 0 Å². The second kappa shape index (κ2) is 15.3. The highest BCUT2D eigenvalue weighted by Gasteiger charge is 2.26. The standard InChI is InChI=1S/C34H45N3O4S/c1-28-15-17-30(18-16-28)26-37(34(38)39)22-9-10-29-19-23-36(24-20-29)25-21-32(31-11-5-3-6-12-31)27-35(2)42(40,41)33-13-7-4-8-14-33/h3-8,11-18,29,32H,9-10,19-27H2,1-2H3,(H,38,39)/p-1. The highest BCUT2D eigenvalue weighted by molar-refractivity contribution is 7.89. The number of hydrogen-bond acceptors (Lipinski definition) is 5. The maximum atomic E-state index is 13.2. The predicted molar refractivity (Wildman–Crippen MR) is 165 cm³/mol. The van der Waals surface area contributed by atoms with Crippen molar-refractivity contribution in [2.45, 2.75) is 56.4 Å². The van der Waals surface area contributed by atoms with Gasteiger partial charge in [0, 0.05) is 26.7 Å². The Labute approximate surface area is 251 Å². The Morgan fingerprint density at radius 2 is 1.57 bits per heavy atom. The van der Waals surface area contributed by atoms with Crippen LogP contribution in [0.3, 0.4) is 0 Å². The summed E-state index contributed by atoms with van der Waals surface area (Å²) in [5, 5.41) is 11.7. The van der Waals surface area contributed by atoms with E-state index in [-0.39, 0.29) is 5.92 Å². The molecule has 1 heterocycles. The SMILES string of the molecule is Cc1ccc(CN(CCCC2CCN(CCC(CN(C)S(=O)(=O)c3ccccc3)c3ccccc3)CC2)C(=O)[O-])cc1. The molecule has 226 valence electrons. The second-order valence-electron chi connectivity index (χ2n) is 11.6. The van der Waals surface area contributed by atoms with Crippen LogP contribution in [-0.4, -0.2) is 68.4 Å². The summed E-state index contributed by atoms with van der Waals surface area (Å²) in [6, 6.07) is 26.8. The van der Waals surface area contributed by atoms with Crippen molar-refractivity contribution < 1.29 is 18.3 Å². The molecule has 0 N–H and O–H groups in total. The summed E-state index contributed by atoms with van der Waals surface area (Å²) in [6.07, 6.45) is 3.82. The Balaban J connectivity index is 1.24. The molecule has 42 heavy (non-hydrogen) atoms. The molecule has 1 amide bonds. The van der Waals surface area contributed by atoms with Crippen LogP contribution in [0.4, 0.5) is 4.79 Å². The van der Waals surface area contributed by atoms with E-state index in [2.05, 4.69) is 17.0 Å². The zero-order chi connectivity index (χ0) is 30.0. The number of aryl methyl sites for hydroxylation is 1. The number of carbonyl (C=O) groups is 1. The Morgan fingerprint density at radius 1 is 0.952 bits per heavy atom. The lowest BCUT2D eigenvalue weighted by Crippen LogP contribution is -2.41. The van der Waals surface area contributed by atoms with Crippen LogP contribution in [0.5, 0.6) is 0 Å². The molecular formula is C34H44N3O4S-. The van der Waals surface area contributed by atoms with Gasteiger partial charge in [0.15, 0.2) is 0 Å². The summed E-state index contributed by atoms with van der Waals surface area (Å²) in [5.41, 5.74) is 3.30. The third-order valence-electron chi connectivity index (χ3n) is 8.49. The van der Waals surface area contributed by atoms with Crippen LogP contribution in [0, 0.1) is 12.8 Å². The predicted octanol–water partition coefficient (Wildman–Crippen LogP) is 5.13. The van der Waals surface area contributed by atoms with Crippen molar-refractivity contribution in [2.75, 3.05) is 39.8 Å². The van der Waals surface area contributed by atoms with Crippen molar-refractivity contribution in [1.82, 2.24) is 14.1 Å². The van der Waals surface area contributed by atoms with Crippen molar-refractivity contribution in [1.29, 1.82) is 0 Å². The van der Waals surface area contributed by atoms with E-state index in [9.17, 15) is 18.3 Å². The molecule has 0 radical (unpaired) electrons. The molecule has 3 aromatic rings. The molecule has 0 spiro atoms. The lowest BCUT2D eigenvalue weighted by atomic mass is 9.91. The minimum atomic E-state index is -3.56. The molecule has 3 aromatic carbocycles. The molecule has 8 heteroatoms. The summed E-state index contributed by atoms with van der Waals surface area (Å²) in [4.78, 5) is 15.9. The Hall–Kier alpha value is -3.20. The monoisotopic (exact) mass is 590 g/mol. The lowest BCUT2D eigenvalue weighted by Gasteiger charge is -2.34. The molecule has 1 atom stereocenters. The number of hydrogen-bond donors (Lipinski definition) is 0. The van der Waals surface area contributed by atoms with Gasteiger partial charge in [-0.2, -0.15) is 0 Å². The minimum absolute atomic E-state index is 0.0940. The molecule has 0 aliphatic carbocycles.